The summed E-state index contributed by atoms with van der Waals surface area (Å²) in [5.41, 5.74) is -0.540. The van der Waals surface area contributed by atoms with E-state index in [1.165, 1.54) is 0 Å². The number of rotatable bonds is 10. The zero-order valence-corrected chi connectivity index (χ0v) is 12.2. The van der Waals surface area contributed by atoms with E-state index in [9.17, 15) is 9.90 Å². The number of carbonyl (C=O) groups is 1. The Kier molecular flexibility index (Phi) is 11.7. The minimum absolute atomic E-state index is 0. The highest BCUT2D eigenvalue weighted by atomic mass is 16.4. The molecule has 0 aromatic heterocycles. The van der Waals surface area contributed by atoms with Gasteiger partial charge in [0.1, 0.15) is 0 Å². The standard InChI is InChI=1S/C14H28O2.H3N/c1-4-7-10-14(13(15)16,11-8-5-2)12-9-6-3;/h4-12H2,1-3H3,(H,15,16);1H3. The Morgan fingerprint density at radius 3 is 1.35 bits per heavy atom. The Bertz CT molecular complexity index is 171. The monoisotopic (exact) mass is 245 g/mol. The molecule has 0 saturated heterocycles. The summed E-state index contributed by atoms with van der Waals surface area (Å²) < 4.78 is 0. The lowest BCUT2D eigenvalue weighted by Gasteiger charge is -2.35. The quantitative estimate of drug-likeness (QED) is 0.637. The fourth-order valence-electron chi connectivity index (χ4n) is 2.23. The first-order valence-corrected chi connectivity index (χ1v) is 6.84. The second-order valence-electron chi connectivity index (χ2n) is 4.88. The zero-order chi connectivity index (χ0) is 12.4. The SMILES string of the molecule is CCCCC(CCCC)(CCCC)C(=O)[O-].[NH4+]. The van der Waals surface area contributed by atoms with Crippen molar-refractivity contribution in [2.75, 3.05) is 0 Å². The summed E-state index contributed by atoms with van der Waals surface area (Å²) in [7, 11) is 0. The van der Waals surface area contributed by atoms with E-state index < -0.39 is 11.4 Å². The highest BCUT2D eigenvalue weighted by molar-refractivity contribution is 5.72. The van der Waals surface area contributed by atoms with E-state index in [4.69, 9.17) is 0 Å². The maximum absolute atomic E-state index is 11.4. The molecule has 0 aliphatic rings. The molecule has 0 aromatic rings. The molecular formula is C14H31NO2. The van der Waals surface area contributed by atoms with Gasteiger partial charge in [-0.25, -0.2) is 0 Å². The molecule has 3 heteroatoms. The molecule has 104 valence electrons. The molecule has 3 nitrogen and oxygen atoms in total. The highest BCUT2D eigenvalue weighted by Gasteiger charge is 2.29. The van der Waals surface area contributed by atoms with Gasteiger partial charge in [-0.2, -0.15) is 0 Å². The van der Waals surface area contributed by atoms with Crippen molar-refractivity contribution in [2.24, 2.45) is 5.41 Å². The van der Waals surface area contributed by atoms with Gasteiger partial charge in [-0.3, -0.25) is 0 Å². The number of hydrogen-bond acceptors (Lipinski definition) is 2. The van der Waals surface area contributed by atoms with E-state index in [1.807, 2.05) is 0 Å². The van der Waals surface area contributed by atoms with Crippen LogP contribution in [0, 0.1) is 5.41 Å². The van der Waals surface area contributed by atoms with Gasteiger partial charge in [0.2, 0.25) is 0 Å². The van der Waals surface area contributed by atoms with Crippen molar-refractivity contribution in [2.45, 2.75) is 78.6 Å². The molecule has 0 aliphatic carbocycles. The fraction of sp³-hybridized carbons (Fsp3) is 0.929. The summed E-state index contributed by atoms with van der Waals surface area (Å²) in [6, 6.07) is 0. The van der Waals surface area contributed by atoms with Crippen molar-refractivity contribution in [1.29, 1.82) is 0 Å². The molecule has 0 aromatic carbocycles. The maximum atomic E-state index is 11.4. The van der Waals surface area contributed by atoms with Gasteiger partial charge in [-0.1, -0.05) is 59.3 Å². The van der Waals surface area contributed by atoms with Crippen LogP contribution in [0.25, 0.3) is 0 Å². The van der Waals surface area contributed by atoms with Gasteiger partial charge in [0.15, 0.2) is 0 Å². The van der Waals surface area contributed by atoms with Crippen molar-refractivity contribution in [3.05, 3.63) is 0 Å². The lowest BCUT2D eigenvalue weighted by atomic mass is 9.74. The van der Waals surface area contributed by atoms with Crippen LogP contribution in [-0.4, -0.2) is 5.97 Å². The maximum Gasteiger partial charge on any atom is 0.0476 e. The first kappa shape index (κ1) is 18.8. The van der Waals surface area contributed by atoms with Crippen molar-refractivity contribution in [1.82, 2.24) is 6.15 Å². The summed E-state index contributed by atoms with van der Waals surface area (Å²) in [4.78, 5) is 11.4. The Labute approximate surface area is 107 Å². The lowest BCUT2D eigenvalue weighted by Crippen LogP contribution is -2.42. The van der Waals surface area contributed by atoms with Crippen molar-refractivity contribution < 1.29 is 9.90 Å². The summed E-state index contributed by atoms with van der Waals surface area (Å²) in [5, 5.41) is 11.4. The zero-order valence-electron chi connectivity index (χ0n) is 12.2. The molecule has 0 fully saturated rings. The highest BCUT2D eigenvalue weighted by Crippen LogP contribution is 2.36. The Balaban J connectivity index is 0. The number of quaternary nitrogens is 1. The average molecular weight is 245 g/mol. The van der Waals surface area contributed by atoms with E-state index >= 15 is 0 Å². The van der Waals surface area contributed by atoms with Gasteiger partial charge in [0, 0.05) is 11.4 Å². The second-order valence-corrected chi connectivity index (χ2v) is 4.88. The van der Waals surface area contributed by atoms with Crippen LogP contribution in [0.3, 0.4) is 0 Å². The third-order valence-corrected chi connectivity index (χ3v) is 3.46. The predicted octanol–water partition coefficient (Wildman–Crippen LogP) is 3.67. The van der Waals surface area contributed by atoms with E-state index in [0.29, 0.717) is 0 Å². The molecule has 0 spiro atoms. The number of hydrogen-bond donors (Lipinski definition) is 1. The van der Waals surface area contributed by atoms with Crippen LogP contribution in [0.1, 0.15) is 78.6 Å². The molecule has 0 heterocycles. The molecule has 17 heavy (non-hydrogen) atoms. The average Bonchev–Trinajstić information content (AvgIpc) is 2.28. The molecule has 0 unspecified atom stereocenters. The fourth-order valence-corrected chi connectivity index (χ4v) is 2.23. The second kappa shape index (κ2) is 10.6. The summed E-state index contributed by atoms with van der Waals surface area (Å²) in [6.07, 6.45) is 8.58. The van der Waals surface area contributed by atoms with E-state index in [2.05, 4.69) is 20.8 Å². The van der Waals surface area contributed by atoms with Gasteiger partial charge >= 0.3 is 0 Å². The molecule has 0 atom stereocenters. The van der Waals surface area contributed by atoms with Gasteiger partial charge < -0.3 is 16.1 Å². The number of aliphatic carboxylic acids is 1. The largest absolute Gasteiger partial charge is 0.550 e. The van der Waals surface area contributed by atoms with Crippen LogP contribution >= 0.6 is 0 Å². The topological polar surface area (TPSA) is 76.6 Å². The molecular weight excluding hydrogens is 214 g/mol. The van der Waals surface area contributed by atoms with Gasteiger partial charge in [0.25, 0.3) is 0 Å². The van der Waals surface area contributed by atoms with Crippen LogP contribution < -0.4 is 11.3 Å². The van der Waals surface area contributed by atoms with E-state index in [-0.39, 0.29) is 6.15 Å². The molecule has 0 amide bonds. The normalized spacial score (nSPS) is 11.0. The van der Waals surface area contributed by atoms with Crippen LogP contribution in [-0.2, 0) is 4.79 Å². The summed E-state index contributed by atoms with van der Waals surface area (Å²) in [5.74, 6) is -0.817. The van der Waals surface area contributed by atoms with Gasteiger partial charge in [-0.15, -0.1) is 0 Å². The summed E-state index contributed by atoms with van der Waals surface area (Å²) in [6.45, 7) is 6.33. The number of carbonyl (C=O) groups excluding carboxylic acids is 1. The first-order chi connectivity index (χ1) is 7.63. The third kappa shape index (κ3) is 6.67. The molecule has 0 saturated carbocycles. The Hall–Kier alpha value is -0.570. The van der Waals surface area contributed by atoms with Crippen molar-refractivity contribution in [3.8, 4) is 0 Å². The Morgan fingerprint density at radius 2 is 1.18 bits per heavy atom. The number of carboxylic acid groups (broad SMARTS) is 1. The van der Waals surface area contributed by atoms with Crippen LogP contribution in [0.2, 0.25) is 0 Å². The minimum Gasteiger partial charge on any atom is -0.550 e. The predicted molar refractivity (Wildman–Crippen MR) is 72.0 cm³/mol. The van der Waals surface area contributed by atoms with E-state index in [0.717, 1.165) is 57.8 Å². The first-order valence-electron chi connectivity index (χ1n) is 6.84. The van der Waals surface area contributed by atoms with Crippen LogP contribution in [0.15, 0.2) is 0 Å². The number of unbranched alkanes of at least 4 members (excludes halogenated alkanes) is 3. The molecule has 0 aliphatic heterocycles. The molecule has 0 bridgehead atoms. The van der Waals surface area contributed by atoms with Crippen molar-refractivity contribution in [3.63, 3.8) is 0 Å². The third-order valence-electron chi connectivity index (χ3n) is 3.46. The van der Waals surface area contributed by atoms with Crippen LogP contribution in [0.4, 0.5) is 0 Å². The molecule has 0 radical (unpaired) electrons. The van der Waals surface area contributed by atoms with Gasteiger partial charge in [-0.05, 0) is 19.3 Å². The lowest BCUT2D eigenvalue weighted by molar-refractivity contribution is -0.320. The molecule has 4 N–H and O–H groups in total. The van der Waals surface area contributed by atoms with Crippen molar-refractivity contribution >= 4 is 5.97 Å². The van der Waals surface area contributed by atoms with Crippen LogP contribution in [0.5, 0.6) is 0 Å². The smallest absolute Gasteiger partial charge is 0.0476 e. The summed E-state index contributed by atoms with van der Waals surface area (Å²) >= 11 is 0. The van der Waals surface area contributed by atoms with E-state index in [1.54, 1.807) is 0 Å². The van der Waals surface area contributed by atoms with Gasteiger partial charge in [0.05, 0.1) is 0 Å². The molecule has 0 rings (SSSR count). The minimum atomic E-state index is -0.817. The number of carboxylic acids is 1. The Morgan fingerprint density at radius 1 is 0.882 bits per heavy atom.